The molecule has 0 unspecified atom stereocenters. The highest BCUT2D eigenvalue weighted by Crippen LogP contribution is 2.11. The maximum atomic E-state index is 13.2. The fourth-order valence-corrected chi connectivity index (χ4v) is 1.62. The molecule has 0 aliphatic carbocycles. The van der Waals surface area contributed by atoms with Gasteiger partial charge in [-0.3, -0.25) is 0 Å². The summed E-state index contributed by atoms with van der Waals surface area (Å²) < 4.78 is 14.8. The molecule has 0 saturated heterocycles. The summed E-state index contributed by atoms with van der Waals surface area (Å²) in [5.74, 6) is 0.798. The Kier molecular flexibility index (Phi) is 3.99. The topological polar surface area (TPSA) is 55.6 Å². The highest BCUT2D eigenvalue weighted by molar-refractivity contribution is 5.32. The molecule has 18 heavy (non-hydrogen) atoms. The van der Waals surface area contributed by atoms with Gasteiger partial charge in [0.05, 0.1) is 6.20 Å². The maximum absolute atomic E-state index is 13.2. The van der Waals surface area contributed by atoms with Crippen molar-refractivity contribution in [1.82, 2.24) is 25.1 Å². The van der Waals surface area contributed by atoms with Crippen LogP contribution in [0, 0.1) is 11.7 Å². The van der Waals surface area contributed by atoms with Gasteiger partial charge in [0.2, 0.25) is 0 Å². The van der Waals surface area contributed by atoms with Crippen molar-refractivity contribution in [3.05, 3.63) is 36.3 Å². The highest BCUT2D eigenvalue weighted by atomic mass is 19.1. The molecule has 0 fully saturated rings. The standard InChI is InChI=1S/C12H16FN5/c1-9(2)4-14-5-10-3-11(13)6-16-12(10)18-8-15-7-17-18/h3,6-9,14H,4-5H2,1-2H3. The largest absolute Gasteiger partial charge is 0.312 e. The van der Waals surface area contributed by atoms with E-state index < -0.39 is 0 Å². The molecule has 0 amide bonds. The van der Waals surface area contributed by atoms with Gasteiger partial charge >= 0.3 is 0 Å². The molecule has 0 aliphatic heterocycles. The van der Waals surface area contributed by atoms with Gasteiger partial charge < -0.3 is 5.32 Å². The Balaban J connectivity index is 2.19. The molecule has 0 saturated carbocycles. The molecule has 2 heterocycles. The smallest absolute Gasteiger partial charge is 0.159 e. The van der Waals surface area contributed by atoms with Crippen LogP contribution in [0.15, 0.2) is 24.9 Å². The van der Waals surface area contributed by atoms with E-state index in [0.29, 0.717) is 18.3 Å². The van der Waals surface area contributed by atoms with Gasteiger partial charge in [0.15, 0.2) is 5.82 Å². The van der Waals surface area contributed by atoms with Crippen LogP contribution in [0.2, 0.25) is 0 Å². The molecular weight excluding hydrogens is 233 g/mol. The molecule has 0 bridgehead atoms. The van der Waals surface area contributed by atoms with E-state index in [4.69, 9.17) is 0 Å². The summed E-state index contributed by atoms with van der Waals surface area (Å²) in [4.78, 5) is 7.93. The van der Waals surface area contributed by atoms with Crippen LogP contribution in [0.25, 0.3) is 5.82 Å². The van der Waals surface area contributed by atoms with Gasteiger partial charge in [-0.15, -0.1) is 0 Å². The maximum Gasteiger partial charge on any atom is 0.159 e. The van der Waals surface area contributed by atoms with Gasteiger partial charge in [-0.2, -0.15) is 5.10 Å². The molecule has 1 N–H and O–H groups in total. The SMILES string of the molecule is CC(C)CNCc1cc(F)cnc1-n1cncn1. The molecule has 2 aromatic heterocycles. The highest BCUT2D eigenvalue weighted by Gasteiger charge is 2.08. The van der Waals surface area contributed by atoms with Crippen molar-refractivity contribution in [2.24, 2.45) is 5.92 Å². The second-order valence-corrected chi connectivity index (χ2v) is 4.50. The summed E-state index contributed by atoms with van der Waals surface area (Å²) in [6.45, 7) is 5.66. The molecule has 0 spiro atoms. The zero-order valence-electron chi connectivity index (χ0n) is 10.5. The normalized spacial score (nSPS) is 11.1. The molecule has 2 aromatic rings. The van der Waals surface area contributed by atoms with Crippen LogP contribution in [-0.2, 0) is 6.54 Å². The fourth-order valence-electron chi connectivity index (χ4n) is 1.62. The van der Waals surface area contributed by atoms with E-state index >= 15 is 0 Å². The van der Waals surface area contributed by atoms with Crippen LogP contribution in [-0.4, -0.2) is 26.3 Å². The van der Waals surface area contributed by atoms with Crippen LogP contribution >= 0.6 is 0 Å². The van der Waals surface area contributed by atoms with Gasteiger partial charge in [-0.1, -0.05) is 13.8 Å². The molecule has 0 radical (unpaired) electrons. The minimum Gasteiger partial charge on any atom is -0.312 e. The van der Waals surface area contributed by atoms with Gasteiger partial charge in [-0.25, -0.2) is 19.0 Å². The third kappa shape index (κ3) is 3.10. The zero-order valence-corrected chi connectivity index (χ0v) is 10.5. The average molecular weight is 249 g/mol. The molecule has 96 valence electrons. The molecule has 0 aromatic carbocycles. The lowest BCUT2D eigenvalue weighted by atomic mass is 10.2. The molecular formula is C12H16FN5. The van der Waals surface area contributed by atoms with Crippen molar-refractivity contribution in [2.45, 2.75) is 20.4 Å². The average Bonchev–Trinajstić information content (AvgIpc) is 2.82. The first kappa shape index (κ1) is 12.6. The Labute approximate surface area is 105 Å². The number of nitrogens with zero attached hydrogens (tertiary/aromatic N) is 4. The summed E-state index contributed by atoms with van der Waals surface area (Å²) in [6, 6.07) is 1.47. The second-order valence-electron chi connectivity index (χ2n) is 4.50. The Bertz CT molecular complexity index is 495. The Hall–Kier alpha value is -1.82. The number of hydrogen-bond donors (Lipinski definition) is 1. The van der Waals surface area contributed by atoms with Crippen LogP contribution < -0.4 is 5.32 Å². The third-order valence-electron chi connectivity index (χ3n) is 2.41. The first-order chi connectivity index (χ1) is 8.66. The molecule has 5 nitrogen and oxygen atoms in total. The number of rotatable bonds is 5. The van der Waals surface area contributed by atoms with Crippen molar-refractivity contribution in [2.75, 3.05) is 6.54 Å². The lowest BCUT2D eigenvalue weighted by molar-refractivity contribution is 0.546. The van der Waals surface area contributed by atoms with E-state index in [1.54, 1.807) is 6.33 Å². The Morgan fingerprint density at radius 2 is 2.28 bits per heavy atom. The van der Waals surface area contributed by atoms with Crippen LogP contribution in [0.3, 0.4) is 0 Å². The summed E-state index contributed by atoms with van der Waals surface area (Å²) in [5.41, 5.74) is 0.765. The zero-order chi connectivity index (χ0) is 13.0. The van der Waals surface area contributed by atoms with Gasteiger partial charge in [0.25, 0.3) is 0 Å². The van der Waals surface area contributed by atoms with E-state index in [0.717, 1.165) is 12.1 Å². The first-order valence-corrected chi connectivity index (χ1v) is 5.87. The van der Waals surface area contributed by atoms with Gasteiger partial charge in [0.1, 0.15) is 18.5 Å². The van der Waals surface area contributed by atoms with E-state index in [2.05, 4.69) is 34.2 Å². The third-order valence-corrected chi connectivity index (χ3v) is 2.41. The summed E-state index contributed by atoms with van der Waals surface area (Å²) >= 11 is 0. The number of halogens is 1. The predicted octanol–water partition coefficient (Wildman–Crippen LogP) is 1.55. The van der Waals surface area contributed by atoms with Crippen molar-refractivity contribution < 1.29 is 4.39 Å². The summed E-state index contributed by atoms with van der Waals surface area (Å²) in [7, 11) is 0. The minimum atomic E-state index is -0.347. The van der Waals surface area contributed by atoms with Crippen molar-refractivity contribution in [3.8, 4) is 5.82 Å². The predicted molar refractivity (Wildman–Crippen MR) is 65.7 cm³/mol. The molecule has 2 rings (SSSR count). The van der Waals surface area contributed by atoms with Gasteiger partial charge in [-0.05, 0) is 18.5 Å². The number of nitrogens with one attached hydrogen (secondary N) is 1. The summed E-state index contributed by atoms with van der Waals surface area (Å²) in [6.07, 6.45) is 4.16. The van der Waals surface area contributed by atoms with Gasteiger partial charge in [0, 0.05) is 12.1 Å². The van der Waals surface area contributed by atoms with Crippen LogP contribution in [0.1, 0.15) is 19.4 Å². The lowest BCUT2D eigenvalue weighted by Crippen LogP contribution is -2.20. The van der Waals surface area contributed by atoms with Crippen LogP contribution in [0.5, 0.6) is 0 Å². The van der Waals surface area contributed by atoms with Crippen LogP contribution in [0.4, 0.5) is 4.39 Å². The van der Waals surface area contributed by atoms with E-state index in [-0.39, 0.29) is 5.82 Å². The van der Waals surface area contributed by atoms with Crippen molar-refractivity contribution in [3.63, 3.8) is 0 Å². The Morgan fingerprint density at radius 3 is 2.94 bits per heavy atom. The summed E-state index contributed by atoms with van der Waals surface area (Å²) in [5, 5.41) is 7.28. The Morgan fingerprint density at radius 1 is 1.44 bits per heavy atom. The number of aromatic nitrogens is 4. The quantitative estimate of drug-likeness (QED) is 0.873. The lowest BCUT2D eigenvalue weighted by Gasteiger charge is -2.10. The second kappa shape index (κ2) is 5.68. The number of pyridine rings is 1. The fraction of sp³-hybridized carbons (Fsp3) is 0.417. The minimum absolute atomic E-state index is 0.347. The molecule has 6 heteroatoms. The number of hydrogen-bond acceptors (Lipinski definition) is 4. The monoisotopic (exact) mass is 249 g/mol. The van der Waals surface area contributed by atoms with E-state index in [1.807, 2.05) is 0 Å². The van der Waals surface area contributed by atoms with E-state index in [9.17, 15) is 4.39 Å². The first-order valence-electron chi connectivity index (χ1n) is 5.87. The van der Waals surface area contributed by atoms with E-state index in [1.165, 1.54) is 23.3 Å². The van der Waals surface area contributed by atoms with Crippen molar-refractivity contribution in [1.29, 1.82) is 0 Å². The van der Waals surface area contributed by atoms with Crippen molar-refractivity contribution >= 4 is 0 Å². The molecule has 0 aliphatic rings. The molecule has 0 atom stereocenters.